The van der Waals surface area contributed by atoms with Crippen LogP contribution >= 0.6 is 0 Å². The molecule has 3 N–H and O–H groups in total. The molecule has 0 saturated carbocycles. The Kier molecular flexibility index (Phi) is 4.98. The maximum atomic E-state index is 11.9. The van der Waals surface area contributed by atoms with E-state index in [2.05, 4.69) is 5.92 Å². The van der Waals surface area contributed by atoms with Crippen molar-refractivity contribution < 1.29 is 14.7 Å². The van der Waals surface area contributed by atoms with Crippen molar-refractivity contribution in [3.05, 3.63) is 0 Å². The van der Waals surface area contributed by atoms with Gasteiger partial charge in [0.2, 0.25) is 5.91 Å². The average molecular weight is 238 g/mol. The average Bonchev–Trinajstić information content (AvgIpc) is 2.28. The van der Waals surface area contributed by atoms with Crippen LogP contribution in [0.15, 0.2) is 0 Å². The van der Waals surface area contributed by atoms with Crippen LogP contribution in [0.25, 0.3) is 0 Å². The van der Waals surface area contributed by atoms with Gasteiger partial charge in [0.1, 0.15) is 0 Å². The van der Waals surface area contributed by atoms with Gasteiger partial charge in [0.25, 0.3) is 0 Å². The maximum Gasteiger partial charge on any atom is 0.303 e. The molecule has 1 aliphatic heterocycles. The van der Waals surface area contributed by atoms with Crippen LogP contribution in [0.1, 0.15) is 25.7 Å². The minimum atomic E-state index is -0.822. The Hall–Kier alpha value is -1.54. The highest BCUT2D eigenvalue weighted by Gasteiger charge is 2.27. The zero-order valence-corrected chi connectivity index (χ0v) is 9.76. The lowest BCUT2D eigenvalue weighted by Gasteiger charge is -2.33. The van der Waals surface area contributed by atoms with Gasteiger partial charge in [-0.25, -0.2) is 0 Å². The summed E-state index contributed by atoms with van der Waals surface area (Å²) in [5.41, 5.74) is 5.66. The van der Waals surface area contributed by atoms with Gasteiger partial charge in [0.15, 0.2) is 0 Å². The number of hydrogen-bond acceptors (Lipinski definition) is 3. The summed E-state index contributed by atoms with van der Waals surface area (Å²) in [6, 6.07) is -0.663. The molecule has 5 nitrogen and oxygen atoms in total. The summed E-state index contributed by atoms with van der Waals surface area (Å²) < 4.78 is 0. The van der Waals surface area contributed by atoms with Gasteiger partial charge < -0.3 is 15.7 Å². The number of terminal acetylenes is 1. The fourth-order valence-corrected chi connectivity index (χ4v) is 2.13. The summed E-state index contributed by atoms with van der Waals surface area (Å²) in [4.78, 5) is 24.1. The summed E-state index contributed by atoms with van der Waals surface area (Å²) >= 11 is 0. The number of piperidine rings is 1. The summed E-state index contributed by atoms with van der Waals surface area (Å²) in [5.74, 6) is 1.40. The molecule has 0 aromatic rings. The van der Waals surface area contributed by atoms with E-state index in [4.69, 9.17) is 17.3 Å². The zero-order valence-electron chi connectivity index (χ0n) is 9.76. The van der Waals surface area contributed by atoms with Gasteiger partial charge in [-0.1, -0.05) is 0 Å². The highest BCUT2D eigenvalue weighted by atomic mass is 16.4. The van der Waals surface area contributed by atoms with Gasteiger partial charge in [-0.15, -0.1) is 12.3 Å². The third-order valence-corrected chi connectivity index (χ3v) is 2.95. The van der Waals surface area contributed by atoms with Crippen molar-refractivity contribution in [2.75, 3.05) is 13.1 Å². The highest BCUT2D eigenvalue weighted by Crippen LogP contribution is 2.20. The second-order valence-corrected chi connectivity index (χ2v) is 4.41. The number of nitrogens with two attached hydrogens (primary N) is 1. The predicted molar refractivity (Wildman–Crippen MR) is 63.0 cm³/mol. The Balaban J connectivity index is 2.51. The Morgan fingerprint density at radius 3 is 2.88 bits per heavy atom. The monoisotopic (exact) mass is 238 g/mol. The molecule has 0 aromatic carbocycles. The zero-order chi connectivity index (χ0) is 12.8. The minimum Gasteiger partial charge on any atom is -0.481 e. The first-order valence-electron chi connectivity index (χ1n) is 5.74. The summed E-state index contributed by atoms with van der Waals surface area (Å²) in [6.07, 6.45) is 7.11. The number of amides is 1. The van der Waals surface area contributed by atoms with E-state index in [0.717, 1.165) is 12.8 Å². The molecular formula is C12H18N2O3. The van der Waals surface area contributed by atoms with E-state index in [9.17, 15) is 9.59 Å². The predicted octanol–water partition coefficient (Wildman–Crippen LogP) is 0.0503. The fourth-order valence-electron chi connectivity index (χ4n) is 2.13. The standard InChI is InChI=1S/C12H18N2O3/c1-2-4-10(13)12(17)14-6-3-5-9(8-14)7-11(15)16/h1,9-10H,3-8,13H2,(H,15,16). The van der Waals surface area contributed by atoms with Crippen molar-refractivity contribution in [1.29, 1.82) is 0 Å². The first-order chi connectivity index (χ1) is 8.04. The SMILES string of the molecule is C#CCC(N)C(=O)N1CCCC(CC(=O)O)C1. The molecule has 0 radical (unpaired) electrons. The molecule has 2 unspecified atom stereocenters. The van der Waals surface area contributed by atoms with E-state index >= 15 is 0 Å². The number of hydrogen-bond donors (Lipinski definition) is 2. The van der Waals surface area contributed by atoms with Crippen LogP contribution in [0.5, 0.6) is 0 Å². The van der Waals surface area contributed by atoms with Gasteiger partial charge in [0, 0.05) is 25.9 Å². The van der Waals surface area contributed by atoms with Gasteiger partial charge in [0.05, 0.1) is 6.04 Å². The molecule has 1 amide bonds. The summed E-state index contributed by atoms with van der Waals surface area (Å²) in [7, 11) is 0. The molecule has 0 spiro atoms. The van der Waals surface area contributed by atoms with Crippen molar-refractivity contribution >= 4 is 11.9 Å². The fraction of sp³-hybridized carbons (Fsp3) is 0.667. The van der Waals surface area contributed by atoms with Crippen LogP contribution in [0.3, 0.4) is 0 Å². The van der Waals surface area contributed by atoms with Crippen LogP contribution in [0.2, 0.25) is 0 Å². The largest absolute Gasteiger partial charge is 0.481 e. The Morgan fingerprint density at radius 2 is 2.29 bits per heavy atom. The molecule has 1 saturated heterocycles. The minimum absolute atomic E-state index is 0.0308. The van der Waals surface area contributed by atoms with Gasteiger partial charge >= 0.3 is 5.97 Å². The van der Waals surface area contributed by atoms with Crippen LogP contribution < -0.4 is 5.73 Å². The molecule has 0 aliphatic carbocycles. The quantitative estimate of drug-likeness (QED) is 0.678. The van der Waals surface area contributed by atoms with Gasteiger partial charge in [-0.2, -0.15) is 0 Å². The van der Waals surface area contributed by atoms with Crippen molar-refractivity contribution in [2.45, 2.75) is 31.7 Å². The van der Waals surface area contributed by atoms with Crippen molar-refractivity contribution in [2.24, 2.45) is 11.7 Å². The van der Waals surface area contributed by atoms with Crippen molar-refractivity contribution in [3.8, 4) is 12.3 Å². The van der Waals surface area contributed by atoms with Crippen molar-refractivity contribution in [3.63, 3.8) is 0 Å². The number of rotatable bonds is 4. The Labute approximate surface area is 101 Å². The third-order valence-electron chi connectivity index (χ3n) is 2.95. The van der Waals surface area contributed by atoms with E-state index in [1.165, 1.54) is 0 Å². The van der Waals surface area contributed by atoms with E-state index < -0.39 is 12.0 Å². The van der Waals surface area contributed by atoms with Crippen LogP contribution in [-0.2, 0) is 9.59 Å². The Morgan fingerprint density at radius 1 is 1.59 bits per heavy atom. The molecule has 0 bridgehead atoms. The number of carboxylic acids is 1. The summed E-state index contributed by atoms with van der Waals surface area (Å²) in [6.45, 7) is 1.12. The number of carbonyl (C=O) groups excluding carboxylic acids is 1. The molecular weight excluding hydrogens is 220 g/mol. The molecule has 1 aliphatic rings. The summed E-state index contributed by atoms with van der Waals surface area (Å²) in [5, 5.41) is 8.73. The number of carboxylic acid groups (broad SMARTS) is 1. The molecule has 1 fully saturated rings. The molecule has 1 rings (SSSR count). The van der Waals surface area contributed by atoms with Crippen LogP contribution in [0.4, 0.5) is 0 Å². The van der Waals surface area contributed by atoms with E-state index in [0.29, 0.717) is 13.1 Å². The molecule has 5 heteroatoms. The lowest BCUT2D eigenvalue weighted by Crippen LogP contribution is -2.48. The number of likely N-dealkylation sites (tertiary alicyclic amines) is 1. The van der Waals surface area contributed by atoms with E-state index in [1.807, 2.05) is 0 Å². The van der Waals surface area contributed by atoms with Crippen LogP contribution in [0, 0.1) is 18.3 Å². The lowest BCUT2D eigenvalue weighted by molar-refractivity contribution is -0.141. The van der Waals surface area contributed by atoms with Crippen LogP contribution in [-0.4, -0.2) is 41.0 Å². The van der Waals surface area contributed by atoms with E-state index in [1.54, 1.807) is 4.90 Å². The maximum absolute atomic E-state index is 11.9. The Bertz CT molecular complexity index is 335. The van der Waals surface area contributed by atoms with E-state index in [-0.39, 0.29) is 24.7 Å². The number of carbonyl (C=O) groups is 2. The first kappa shape index (κ1) is 13.5. The van der Waals surface area contributed by atoms with Gasteiger partial charge in [-0.3, -0.25) is 9.59 Å². The lowest BCUT2D eigenvalue weighted by atomic mass is 9.94. The topological polar surface area (TPSA) is 83.6 Å². The molecule has 2 atom stereocenters. The number of aliphatic carboxylic acids is 1. The molecule has 1 heterocycles. The van der Waals surface area contributed by atoms with Crippen molar-refractivity contribution in [1.82, 2.24) is 4.90 Å². The molecule has 94 valence electrons. The highest BCUT2D eigenvalue weighted by molar-refractivity contribution is 5.82. The number of nitrogens with zero attached hydrogens (tertiary/aromatic N) is 1. The second kappa shape index (κ2) is 6.26. The molecule has 0 aromatic heterocycles. The first-order valence-corrected chi connectivity index (χ1v) is 5.74. The molecule has 17 heavy (non-hydrogen) atoms. The normalized spacial score (nSPS) is 21.6. The third kappa shape index (κ3) is 4.08. The second-order valence-electron chi connectivity index (χ2n) is 4.41. The van der Waals surface area contributed by atoms with Gasteiger partial charge in [-0.05, 0) is 18.8 Å². The smallest absolute Gasteiger partial charge is 0.303 e.